The lowest BCUT2D eigenvalue weighted by atomic mass is 10.1. The number of hydrogen-bond donors (Lipinski definition) is 2. The predicted molar refractivity (Wildman–Crippen MR) is 98.5 cm³/mol. The molecule has 0 unspecified atom stereocenters. The Morgan fingerprint density at radius 3 is 2.62 bits per heavy atom. The summed E-state index contributed by atoms with van der Waals surface area (Å²) in [5.41, 5.74) is 4.12. The maximum atomic E-state index is 12.3. The van der Waals surface area contributed by atoms with E-state index >= 15 is 0 Å². The second kappa shape index (κ2) is 7.60. The van der Waals surface area contributed by atoms with Crippen molar-refractivity contribution < 1.29 is 9.59 Å². The highest BCUT2D eigenvalue weighted by Crippen LogP contribution is 2.06. The van der Waals surface area contributed by atoms with Gasteiger partial charge in [0.15, 0.2) is 0 Å². The number of aromatic nitrogens is 2. The molecule has 1 heterocycles. The summed E-state index contributed by atoms with van der Waals surface area (Å²) in [5, 5.41) is 3.12. The molecule has 0 saturated carbocycles. The summed E-state index contributed by atoms with van der Waals surface area (Å²) in [7, 11) is 0. The number of amides is 2. The number of carbonyl (C=O) groups is 2. The van der Waals surface area contributed by atoms with Crippen molar-refractivity contribution in [3.8, 4) is 0 Å². The minimum absolute atomic E-state index is 0.0386. The summed E-state index contributed by atoms with van der Waals surface area (Å²) >= 11 is 0. The fourth-order valence-corrected chi connectivity index (χ4v) is 2.55. The minimum Gasteiger partial charge on any atom is -0.352 e. The van der Waals surface area contributed by atoms with Crippen LogP contribution in [0.25, 0.3) is 10.9 Å². The van der Waals surface area contributed by atoms with Gasteiger partial charge in [0.05, 0.1) is 10.9 Å². The molecule has 0 saturated heterocycles. The van der Waals surface area contributed by atoms with Gasteiger partial charge in [-0.25, -0.2) is 9.66 Å². The van der Waals surface area contributed by atoms with Crippen LogP contribution in [0.3, 0.4) is 0 Å². The average molecular weight is 350 g/mol. The number of para-hydroxylation sites is 1. The first kappa shape index (κ1) is 17.3. The zero-order valence-corrected chi connectivity index (χ0v) is 14.2. The summed E-state index contributed by atoms with van der Waals surface area (Å²) in [6, 6.07) is 14.1. The zero-order chi connectivity index (χ0) is 18.5. The van der Waals surface area contributed by atoms with Crippen molar-refractivity contribution in [2.45, 2.75) is 13.3 Å². The maximum Gasteiger partial charge on any atom is 0.280 e. The summed E-state index contributed by atoms with van der Waals surface area (Å²) < 4.78 is 1.05. The molecular weight excluding hydrogens is 332 g/mol. The molecule has 3 aromatic rings. The van der Waals surface area contributed by atoms with E-state index in [-0.39, 0.29) is 24.4 Å². The highest BCUT2D eigenvalue weighted by Gasteiger charge is 2.10. The smallest absolute Gasteiger partial charge is 0.280 e. The number of hydrogen-bond acceptors (Lipinski definition) is 4. The molecule has 0 bridgehead atoms. The van der Waals surface area contributed by atoms with Gasteiger partial charge in [0.2, 0.25) is 5.91 Å². The Balaban J connectivity index is 1.58. The fourth-order valence-electron chi connectivity index (χ4n) is 2.55. The van der Waals surface area contributed by atoms with Crippen LogP contribution in [0.1, 0.15) is 22.3 Å². The molecule has 0 radical (unpaired) electrons. The van der Waals surface area contributed by atoms with Gasteiger partial charge in [0.25, 0.3) is 11.5 Å². The zero-order valence-electron chi connectivity index (χ0n) is 14.2. The number of rotatable bonds is 5. The molecule has 2 aromatic carbocycles. The first-order chi connectivity index (χ1) is 12.6. The third kappa shape index (κ3) is 3.77. The summed E-state index contributed by atoms with van der Waals surface area (Å²) in [4.78, 5) is 40.6. The first-order valence-electron chi connectivity index (χ1n) is 8.16. The van der Waals surface area contributed by atoms with E-state index in [1.165, 1.54) is 6.33 Å². The molecule has 7 heteroatoms. The number of nitrogens with zero attached hydrogens (tertiary/aromatic N) is 2. The van der Waals surface area contributed by atoms with Gasteiger partial charge in [0, 0.05) is 18.5 Å². The van der Waals surface area contributed by atoms with Crippen LogP contribution in [0.15, 0.2) is 59.7 Å². The van der Waals surface area contributed by atoms with Crippen molar-refractivity contribution in [2.24, 2.45) is 0 Å². The van der Waals surface area contributed by atoms with Crippen molar-refractivity contribution in [2.75, 3.05) is 12.0 Å². The molecule has 0 aliphatic carbocycles. The van der Waals surface area contributed by atoms with Gasteiger partial charge in [-0.1, -0.05) is 30.3 Å². The third-order valence-electron chi connectivity index (χ3n) is 3.94. The summed E-state index contributed by atoms with van der Waals surface area (Å²) in [6.07, 6.45) is 1.31. The van der Waals surface area contributed by atoms with Crippen molar-refractivity contribution in [3.63, 3.8) is 0 Å². The van der Waals surface area contributed by atoms with Crippen LogP contribution in [0, 0.1) is 6.92 Å². The third-order valence-corrected chi connectivity index (χ3v) is 3.94. The Kier molecular flexibility index (Phi) is 5.07. The van der Waals surface area contributed by atoms with Crippen molar-refractivity contribution in [1.82, 2.24) is 15.0 Å². The highest BCUT2D eigenvalue weighted by molar-refractivity contribution is 5.96. The fraction of sp³-hybridized carbons (Fsp3) is 0.158. The first-order valence-corrected chi connectivity index (χ1v) is 8.16. The Morgan fingerprint density at radius 2 is 1.81 bits per heavy atom. The molecule has 26 heavy (non-hydrogen) atoms. The van der Waals surface area contributed by atoms with Gasteiger partial charge in [-0.15, -0.1) is 0 Å². The second-order valence-electron chi connectivity index (χ2n) is 5.79. The average Bonchev–Trinajstić information content (AvgIpc) is 2.64. The van der Waals surface area contributed by atoms with E-state index in [1.807, 2.05) is 19.1 Å². The van der Waals surface area contributed by atoms with Crippen LogP contribution in [0.2, 0.25) is 0 Å². The SMILES string of the molecule is Cc1ccccc1C(=O)NCCC(=O)Nn1cnc2ccccc2c1=O. The standard InChI is InChI=1S/C19H18N4O3/c1-13-6-2-3-7-14(13)18(25)20-11-10-17(24)22-23-12-21-16-9-5-4-8-15(16)19(23)26/h2-9,12H,10-11H2,1H3,(H,20,25)(H,22,24). The molecule has 2 N–H and O–H groups in total. The van der Waals surface area contributed by atoms with E-state index in [0.29, 0.717) is 16.5 Å². The van der Waals surface area contributed by atoms with Crippen LogP contribution >= 0.6 is 0 Å². The number of carbonyl (C=O) groups excluding carboxylic acids is 2. The molecule has 0 atom stereocenters. The highest BCUT2D eigenvalue weighted by atomic mass is 16.2. The van der Waals surface area contributed by atoms with E-state index in [2.05, 4.69) is 15.7 Å². The second-order valence-corrected chi connectivity index (χ2v) is 5.79. The van der Waals surface area contributed by atoms with Crippen molar-refractivity contribution >= 4 is 22.7 Å². The largest absolute Gasteiger partial charge is 0.352 e. The Morgan fingerprint density at radius 1 is 1.08 bits per heavy atom. The molecule has 0 fully saturated rings. The van der Waals surface area contributed by atoms with Crippen LogP contribution in [-0.4, -0.2) is 28.0 Å². The van der Waals surface area contributed by atoms with Gasteiger partial charge >= 0.3 is 0 Å². The molecule has 3 rings (SSSR count). The van der Waals surface area contributed by atoms with Gasteiger partial charge in [0.1, 0.15) is 6.33 Å². The van der Waals surface area contributed by atoms with Crippen molar-refractivity contribution in [1.29, 1.82) is 0 Å². The topological polar surface area (TPSA) is 93.1 Å². The Bertz CT molecular complexity index is 1030. The van der Waals surface area contributed by atoms with Crippen LogP contribution in [-0.2, 0) is 4.79 Å². The van der Waals surface area contributed by atoms with E-state index in [1.54, 1.807) is 36.4 Å². The Hall–Kier alpha value is -3.48. The summed E-state index contributed by atoms with van der Waals surface area (Å²) in [5.74, 6) is -0.630. The maximum absolute atomic E-state index is 12.3. The van der Waals surface area contributed by atoms with Crippen LogP contribution in [0.4, 0.5) is 0 Å². The Labute approximate surface area is 149 Å². The number of fused-ring (bicyclic) bond motifs is 1. The molecule has 0 aliphatic heterocycles. The predicted octanol–water partition coefficient (Wildman–Crippen LogP) is 1.60. The quantitative estimate of drug-likeness (QED) is 0.731. The number of benzene rings is 2. The van der Waals surface area contributed by atoms with E-state index in [0.717, 1.165) is 10.2 Å². The lowest BCUT2D eigenvalue weighted by Crippen LogP contribution is -2.35. The van der Waals surface area contributed by atoms with Crippen LogP contribution in [0.5, 0.6) is 0 Å². The molecule has 132 valence electrons. The molecule has 0 spiro atoms. The summed E-state index contributed by atoms with van der Waals surface area (Å²) in [6.45, 7) is 2.01. The van der Waals surface area contributed by atoms with E-state index in [9.17, 15) is 14.4 Å². The molecule has 0 aliphatic rings. The van der Waals surface area contributed by atoms with E-state index < -0.39 is 5.91 Å². The lowest BCUT2D eigenvalue weighted by Gasteiger charge is -2.10. The lowest BCUT2D eigenvalue weighted by molar-refractivity contribution is -0.117. The van der Waals surface area contributed by atoms with Crippen LogP contribution < -0.4 is 16.3 Å². The van der Waals surface area contributed by atoms with Gasteiger partial charge in [-0.3, -0.25) is 19.8 Å². The van der Waals surface area contributed by atoms with E-state index in [4.69, 9.17) is 0 Å². The number of aryl methyl sites for hydroxylation is 1. The number of nitrogens with one attached hydrogen (secondary N) is 2. The van der Waals surface area contributed by atoms with Gasteiger partial charge in [-0.2, -0.15) is 0 Å². The molecule has 7 nitrogen and oxygen atoms in total. The van der Waals surface area contributed by atoms with Gasteiger partial charge in [-0.05, 0) is 30.7 Å². The van der Waals surface area contributed by atoms with Gasteiger partial charge < -0.3 is 5.32 Å². The molecular formula is C19H18N4O3. The molecule has 1 aromatic heterocycles. The van der Waals surface area contributed by atoms with Crippen molar-refractivity contribution in [3.05, 3.63) is 76.3 Å². The monoisotopic (exact) mass is 350 g/mol. The minimum atomic E-state index is -0.394. The normalized spacial score (nSPS) is 10.5. The molecule has 2 amide bonds.